The SMILES string of the molecule is O=C1NC(=O)C2(Cc3ccccc3N3CCN(c4ccccc4F)CC32)C(=O)N1. The van der Waals surface area contributed by atoms with E-state index in [0.717, 1.165) is 11.3 Å². The minimum Gasteiger partial charge on any atom is -0.365 e. The number of amides is 4. The molecule has 2 saturated heterocycles. The second-order valence-electron chi connectivity index (χ2n) is 7.62. The van der Waals surface area contributed by atoms with E-state index >= 15 is 0 Å². The largest absolute Gasteiger partial charge is 0.365 e. The quantitative estimate of drug-likeness (QED) is 0.716. The zero-order valence-corrected chi connectivity index (χ0v) is 15.5. The van der Waals surface area contributed by atoms with Crippen LogP contribution in [0.2, 0.25) is 0 Å². The molecule has 2 aromatic carbocycles. The first-order valence-corrected chi connectivity index (χ1v) is 9.51. The van der Waals surface area contributed by atoms with Gasteiger partial charge in [-0.15, -0.1) is 0 Å². The third kappa shape index (κ3) is 2.52. The van der Waals surface area contributed by atoms with Crippen molar-refractivity contribution in [3.63, 3.8) is 0 Å². The van der Waals surface area contributed by atoms with Crippen LogP contribution in [0.5, 0.6) is 0 Å². The number of barbiturate groups is 1. The lowest BCUT2D eigenvalue weighted by atomic mass is 9.68. The summed E-state index contributed by atoms with van der Waals surface area (Å²) < 4.78 is 14.4. The maximum atomic E-state index is 14.4. The van der Waals surface area contributed by atoms with Gasteiger partial charge < -0.3 is 9.80 Å². The van der Waals surface area contributed by atoms with E-state index in [2.05, 4.69) is 10.6 Å². The number of para-hydroxylation sites is 2. The van der Waals surface area contributed by atoms with Gasteiger partial charge >= 0.3 is 6.03 Å². The number of piperazine rings is 1. The van der Waals surface area contributed by atoms with Crippen LogP contribution in [0.1, 0.15) is 5.56 Å². The van der Waals surface area contributed by atoms with Crippen LogP contribution in [0.25, 0.3) is 0 Å². The highest BCUT2D eigenvalue weighted by Gasteiger charge is 2.60. The Bertz CT molecular complexity index is 1020. The maximum absolute atomic E-state index is 14.4. The molecule has 3 aliphatic heterocycles. The Balaban J connectivity index is 1.62. The van der Waals surface area contributed by atoms with Crippen molar-refractivity contribution in [2.45, 2.75) is 12.5 Å². The van der Waals surface area contributed by atoms with Gasteiger partial charge in [-0.3, -0.25) is 20.2 Å². The van der Waals surface area contributed by atoms with Gasteiger partial charge in [-0.1, -0.05) is 30.3 Å². The third-order valence-corrected chi connectivity index (χ3v) is 6.18. The van der Waals surface area contributed by atoms with E-state index in [-0.39, 0.29) is 18.8 Å². The first-order valence-electron chi connectivity index (χ1n) is 9.51. The number of rotatable bonds is 1. The number of imide groups is 2. The van der Waals surface area contributed by atoms with Gasteiger partial charge in [0.2, 0.25) is 11.8 Å². The number of urea groups is 1. The van der Waals surface area contributed by atoms with Crippen molar-refractivity contribution in [3.05, 3.63) is 59.9 Å². The Morgan fingerprint density at radius 2 is 1.55 bits per heavy atom. The molecule has 8 heteroatoms. The number of halogens is 1. The number of anilines is 2. The topological polar surface area (TPSA) is 81.8 Å². The van der Waals surface area contributed by atoms with Crippen LogP contribution in [0.4, 0.5) is 20.6 Å². The lowest BCUT2D eigenvalue weighted by molar-refractivity contribution is -0.146. The molecule has 0 radical (unpaired) electrons. The highest BCUT2D eigenvalue weighted by atomic mass is 19.1. The summed E-state index contributed by atoms with van der Waals surface area (Å²) in [7, 11) is 0. The lowest BCUT2D eigenvalue weighted by Crippen LogP contribution is -2.74. The summed E-state index contributed by atoms with van der Waals surface area (Å²) in [6.45, 7) is 1.35. The van der Waals surface area contributed by atoms with E-state index in [1.165, 1.54) is 6.07 Å². The molecular formula is C21H19FN4O3. The number of carbonyl (C=O) groups is 3. The molecule has 7 nitrogen and oxygen atoms in total. The van der Waals surface area contributed by atoms with Crippen molar-refractivity contribution in [1.29, 1.82) is 0 Å². The highest BCUT2D eigenvalue weighted by Crippen LogP contribution is 2.44. The van der Waals surface area contributed by atoms with Crippen molar-refractivity contribution in [2.24, 2.45) is 5.41 Å². The molecule has 1 atom stereocenters. The summed E-state index contributed by atoms with van der Waals surface area (Å²) >= 11 is 0. The van der Waals surface area contributed by atoms with Gasteiger partial charge in [-0.05, 0) is 30.2 Å². The predicted molar refractivity (Wildman–Crippen MR) is 104 cm³/mol. The summed E-state index contributed by atoms with van der Waals surface area (Å²) in [6.07, 6.45) is 0.181. The van der Waals surface area contributed by atoms with Crippen molar-refractivity contribution in [2.75, 3.05) is 29.4 Å². The van der Waals surface area contributed by atoms with Gasteiger partial charge in [0.25, 0.3) is 0 Å². The number of hydrogen-bond donors (Lipinski definition) is 2. The van der Waals surface area contributed by atoms with Crippen molar-refractivity contribution < 1.29 is 18.8 Å². The van der Waals surface area contributed by atoms with E-state index in [1.54, 1.807) is 18.2 Å². The molecule has 1 spiro atoms. The van der Waals surface area contributed by atoms with Crippen molar-refractivity contribution >= 4 is 29.2 Å². The molecule has 148 valence electrons. The molecule has 0 aromatic heterocycles. The highest BCUT2D eigenvalue weighted by molar-refractivity contribution is 6.20. The second-order valence-corrected chi connectivity index (χ2v) is 7.62. The number of hydrogen-bond acceptors (Lipinski definition) is 5. The first-order chi connectivity index (χ1) is 14.0. The Morgan fingerprint density at radius 1 is 0.897 bits per heavy atom. The van der Waals surface area contributed by atoms with E-state index in [9.17, 15) is 18.8 Å². The fourth-order valence-corrected chi connectivity index (χ4v) is 4.81. The standard InChI is InChI=1S/C21H19FN4O3/c22-14-6-2-4-8-16(14)25-9-10-26-15-7-3-1-5-13(15)11-21(17(26)12-25)18(27)23-20(29)24-19(21)28/h1-8,17H,9-12H2,(H2,23,24,27,28,29). The molecular weight excluding hydrogens is 375 g/mol. The average Bonchev–Trinajstić information content (AvgIpc) is 2.72. The summed E-state index contributed by atoms with van der Waals surface area (Å²) in [5, 5.41) is 4.54. The monoisotopic (exact) mass is 394 g/mol. The molecule has 3 aliphatic rings. The Kier molecular flexibility index (Phi) is 3.84. The molecule has 5 rings (SSSR count). The Labute approximate surface area is 166 Å². The number of nitrogens with zero attached hydrogens (tertiary/aromatic N) is 2. The molecule has 0 bridgehead atoms. The van der Waals surface area contributed by atoms with Crippen molar-refractivity contribution in [3.8, 4) is 0 Å². The molecule has 3 heterocycles. The van der Waals surface area contributed by atoms with Crippen LogP contribution in [-0.4, -0.2) is 43.5 Å². The molecule has 2 fully saturated rings. The fraction of sp³-hybridized carbons (Fsp3) is 0.286. The van der Waals surface area contributed by atoms with Gasteiger partial charge in [0.05, 0.1) is 11.7 Å². The average molecular weight is 394 g/mol. The smallest absolute Gasteiger partial charge is 0.328 e. The minimum atomic E-state index is -1.47. The number of fused-ring (bicyclic) bond motifs is 4. The predicted octanol–water partition coefficient (Wildman–Crippen LogP) is 1.43. The Morgan fingerprint density at radius 3 is 2.28 bits per heavy atom. The molecule has 4 amide bonds. The number of nitrogens with one attached hydrogen (secondary N) is 2. The number of carbonyl (C=O) groups excluding carboxylic acids is 3. The van der Waals surface area contributed by atoms with Crippen LogP contribution in [0.3, 0.4) is 0 Å². The van der Waals surface area contributed by atoms with Gasteiger partial charge in [0.1, 0.15) is 5.82 Å². The number of benzene rings is 2. The molecule has 1 unspecified atom stereocenters. The minimum absolute atomic E-state index is 0.181. The van der Waals surface area contributed by atoms with E-state index in [0.29, 0.717) is 18.8 Å². The van der Waals surface area contributed by atoms with Crippen LogP contribution >= 0.6 is 0 Å². The lowest BCUT2D eigenvalue weighted by Gasteiger charge is -2.54. The molecule has 29 heavy (non-hydrogen) atoms. The van der Waals surface area contributed by atoms with Crippen LogP contribution < -0.4 is 20.4 Å². The summed E-state index contributed by atoms with van der Waals surface area (Å²) in [5.74, 6) is -1.56. The molecule has 2 N–H and O–H groups in total. The van der Waals surface area contributed by atoms with Crippen molar-refractivity contribution in [1.82, 2.24) is 10.6 Å². The maximum Gasteiger partial charge on any atom is 0.328 e. The molecule has 2 aromatic rings. The van der Waals surface area contributed by atoms with Gasteiger partial charge in [-0.25, -0.2) is 9.18 Å². The van der Waals surface area contributed by atoms with E-state index in [4.69, 9.17) is 0 Å². The third-order valence-electron chi connectivity index (χ3n) is 6.18. The fourth-order valence-electron chi connectivity index (χ4n) is 4.81. The summed E-state index contributed by atoms with van der Waals surface area (Å²) in [4.78, 5) is 41.7. The van der Waals surface area contributed by atoms with E-state index < -0.39 is 29.3 Å². The van der Waals surface area contributed by atoms with Crippen LogP contribution in [0.15, 0.2) is 48.5 Å². The summed E-state index contributed by atoms with van der Waals surface area (Å²) in [6, 6.07) is 12.8. The van der Waals surface area contributed by atoms with Gasteiger partial charge in [0.15, 0.2) is 5.41 Å². The second kappa shape index (κ2) is 6.30. The van der Waals surface area contributed by atoms with Gasteiger partial charge in [-0.2, -0.15) is 0 Å². The Hall–Kier alpha value is -3.42. The van der Waals surface area contributed by atoms with Crippen LogP contribution in [-0.2, 0) is 16.0 Å². The molecule has 0 saturated carbocycles. The van der Waals surface area contributed by atoms with E-state index in [1.807, 2.05) is 34.1 Å². The molecule has 0 aliphatic carbocycles. The normalized spacial score (nSPS) is 22.7. The van der Waals surface area contributed by atoms with Crippen LogP contribution in [0, 0.1) is 11.2 Å². The van der Waals surface area contributed by atoms with Gasteiger partial charge in [0, 0.05) is 25.3 Å². The summed E-state index contributed by atoms with van der Waals surface area (Å²) in [5.41, 5.74) is 0.817. The zero-order valence-electron chi connectivity index (χ0n) is 15.5. The zero-order chi connectivity index (χ0) is 20.2. The first kappa shape index (κ1) is 17.7.